The van der Waals surface area contributed by atoms with Crippen LogP contribution >= 0.6 is 11.8 Å². The number of benzene rings is 1. The van der Waals surface area contributed by atoms with Crippen molar-refractivity contribution in [1.29, 1.82) is 0 Å². The number of anilines is 1. The lowest BCUT2D eigenvalue weighted by atomic mass is 10.2. The second kappa shape index (κ2) is 7.25. The van der Waals surface area contributed by atoms with Crippen LogP contribution in [0.1, 0.15) is 38.1 Å². The molecule has 0 fully saturated rings. The van der Waals surface area contributed by atoms with Crippen molar-refractivity contribution < 1.29 is 22.4 Å². The number of halogens is 3. The van der Waals surface area contributed by atoms with Crippen molar-refractivity contribution in [2.75, 3.05) is 5.32 Å². The van der Waals surface area contributed by atoms with E-state index in [2.05, 4.69) is 15.5 Å². The molecule has 0 unspecified atom stereocenters. The Bertz CT molecular complexity index is 699. The Hall–Kier alpha value is -2.03. The Morgan fingerprint density at radius 1 is 1.17 bits per heavy atom. The number of hydrogen-bond acceptors (Lipinski definition) is 5. The first-order valence-corrected chi connectivity index (χ1v) is 8.03. The lowest BCUT2D eigenvalue weighted by Crippen LogP contribution is -2.22. The minimum absolute atomic E-state index is 0.0862. The summed E-state index contributed by atoms with van der Waals surface area (Å²) in [5.41, 5.74) is -0.483. The van der Waals surface area contributed by atoms with Crippen LogP contribution in [-0.2, 0) is 11.0 Å². The summed E-state index contributed by atoms with van der Waals surface area (Å²) >= 11 is 1.08. The highest BCUT2D eigenvalue weighted by molar-refractivity contribution is 8.00. The van der Waals surface area contributed by atoms with E-state index < -0.39 is 17.0 Å². The van der Waals surface area contributed by atoms with Crippen LogP contribution in [0.25, 0.3) is 0 Å². The zero-order valence-electron chi connectivity index (χ0n) is 13.2. The molecule has 1 heterocycles. The predicted octanol–water partition coefficient (Wildman–Crippen LogP) is 4.33. The van der Waals surface area contributed by atoms with Gasteiger partial charge in [-0.15, -0.1) is 10.2 Å². The minimum Gasteiger partial charge on any atom is -0.416 e. The Balaban J connectivity index is 1.95. The molecular formula is C15H16F3N3O2S. The summed E-state index contributed by atoms with van der Waals surface area (Å²) in [6.45, 7) is 5.45. The summed E-state index contributed by atoms with van der Waals surface area (Å²) in [6, 6.07) is 4.25. The smallest absolute Gasteiger partial charge is 0.416 e. The van der Waals surface area contributed by atoms with E-state index in [4.69, 9.17) is 4.42 Å². The fourth-order valence-corrected chi connectivity index (χ4v) is 2.38. The molecule has 2 rings (SSSR count). The molecule has 24 heavy (non-hydrogen) atoms. The van der Waals surface area contributed by atoms with Gasteiger partial charge in [0.15, 0.2) is 0 Å². The van der Waals surface area contributed by atoms with Gasteiger partial charge in [0, 0.05) is 11.6 Å². The Morgan fingerprint density at radius 3 is 2.29 bits per heavy atom. The summed E-state index contributed by atoms with van der Waals surface area (Å²) < 4.78 is 42.9. The fourth-order valence-electron chi connectivity index (χ4n) is 1.69. The average Bonchev–Trinajstić information content (AvgIpc) is 2.95. The third kappa shape index (κ3) is 4.73. The van der Waals surface area contributed by atoms with Crippen LogP contribution in [0.4, 0.5) is 18.9 Å². The highest BCUT2D eigenvalue weighted by atomic mass is 32.2. The van der Waals surface area contributed by atoms with Gasteiger partial charge in [-0.2, -0.15) is 13.2 Å². The Kier molecular flexibility index (Phi) is 5.53. The van der Waals surface area contributed by atoms with Crippen LogP contribution in [-0.4, -0.2) is 21.4 Å². The summed E-state index contributed by atoms with van der Waals surface area (Å²) in [5, 5.41) is 9.99. The highest BCUT2D eigenvalue weighted by Gasteiger charge is 2.30. The maximum absolute atomic E-state index is 12.5. The van der Waals surface area contributed by atoms with Crippen LogP contribution < -0.4 is 5.32 Å². The van der Waals surface area contributed by atoms with Gasteiger partial charge in [0.25, 0.3) is 5.22 Å². The van der Waals surface area contributed by atoms with Gasteiger partial charge in [0.2, 0.25) is 11.8 Å². The van der Waals surface area contributed by atoms with Crippen LogP contribution in [0.3, 0.4) is 0 Å². The number of carbonyl (C=O) groups excluding carboxylic acids is 1. The third-order valence-corrected chi connectivity index (χ3v) is 3.98. The van der Waals surface area contributed by atoms with Crippen molar-refractivity contribution in [1.82, 2.24) is 10.2 Å². The van der Waals surface area contributed by atoms with Gasteiger partial charge in [0.05, 0.1) is 10.8 Å². The topological polar surface area (TPSA) is 68.0 Å². The van der Waals surface area contributed by atoms with E-state index in [1.54, 1.807) is 6.92 Å². The number of thioether (sulfide) groups is 1. The van der Waals surface area contributed by atoms with Crippen molar-refractivity contribution in [3.05, 3.63) is 35.7 Å². The molecule has 0 bridgehead atoms. The van der Waals surface area contributed by atoms with E-state index in [-0.39, 0.29) is 22.7 Å². The molecule has 0 aliphatic heterocycles. The Morgan fingerprint density at radius 2 is 1.79 bits per heavy atom. The molecule has 0 saturated heterocycles. The largest absolute Gasteiger partial charge is 0.416 e. The van der Waals surface area contributed by atoms with E-state index >= 15 is 0 Å². The molecule has 1 aromatic carbocycles. The van der Waals surface area contributed by atoms with Crippen LogP contribution in [0, 0.1) is 0 Å². The molecule has 0 radical (unpaired) electrons. The van der Waals surface area contributed by atoms with Crippen molar-refractivity contribution in [2.45, 2.75) is 43.3 Å². The second-order valence-corrected chi connectivity index (χ2v) is 6.68. The van der Waals surface area contributed by atoms with Gasteiger partial charge in [-0.1, -0.05) is 25.6 Å². The molecule has 2 aromatic rings. The average molecular weight is 359 g/mol. The van der Waals surface area contributed by atoms with E-state index in [1.807, 2.05) is 13.8 Å². The lowest BCUT2D eigenvalue weighted by Gasteiger charge is -2.11. The highest BCUT2D eigenvalue weighted by Crippen LogP contribution is 2.30. The zero-order chi connectivity index (χ0) is 17.9. The van der Waals surface area contributed by atoms with Crippen LogP contribution in [0.2, 0.25) is 0 Å². The van der Waals surface area contributed by atoms with Gasteiger partial charge in [-0.25, -0.2) is 0 Å². The molecule has 1 atom stereocenters. The molecular weight excluding hydrogens is 343 g/mol. The monoisotopic (exact) mass is 359 g/mol. The predicted molar refractivity (Wildman–Crippen MR) is 83.8 cm³/mol. The van der Waals surface area contributed by atoms with E-state index in [0.717, 1.165) is 23.9 Å². The first-order valence-electron chi connectivity index (χ1n) is 7.15. The molecule has 1 aromatic heterocycles. The fraction of sp³-hybridized carbons (Fsp3) is 0.400. The van der Waals surface area contributed by atoms with Crippen molar-refractivity contribution in [2.24, 2.45) is 0 Å². The number of aromatic nitrogens is 2. The van der Waals surface area contributed by atoms with E-state index in [0.29, 0.717) is 5.89 Å². The van der Waals surface area contributed by atoms with E-state index in [1.165, 1.54) is 12.1 Å². The van der Waals surface area contributed by atoms with E-state index in [9.17, 15) is 18.0 Å². The standard InChI is InChI=1S/C15H16F3N3O2S/c1-8(2)13-20-21-14(23-13)24-9(3)12(22)19-11-6-4-10(5-7-11)15(16,17)18/h4-9H,1-3H3,(H,19,22)/t9-/m1/s1. The van der Waals surface area contributed by atoms with Crippen LogP contribution in [0.15, 0.2) is 33.9 Å². The molecule has 0 spiro atoms. The summed E-state index contributed by atoms with van der Waals surface area (Å²) in [7, 11) is 0. The summed E-state index contributed by atoms with van der Waals surface area (Å²) in [4.78, 5) is 12.1. The number of alkyl halides is 3. The molecule has 9 heteroatoms. The number of amides is 1. The van der Waals surface area contributed by atoms with Gasteiger partial charge >= 0.3 is 6.18 Å². The van der Waals surface area contributed by atoms with Gasteiger partial charge in [0.1, 0.15) is 0 Å². The Labute approximate surface area is 141 Å². The molecule has 0 saturated carbocycles. The number of hydrogen-bond donors (Lipinski definition) is 1. The number of nitrogens with one attached hydrogen (secondary N) is 1. The normalized spacial score (nSPS) is 13.1. The number of rotatable bonds is 5. The summed E-state index contributed by atoms with van der Waals surface area (Å²) in [5.74, 6) is 0.194. The van der Waals surface area contributed by atoms with Gasteiger partial charge < -0.3 is 9.73 Å². The molecule has 0 aliphatic carbocycles. The first kappa shape index (κ1) is 18.3. The minimum atomic E-state index is -4.40. The van der Waals surface area contributed by atoms with Crippen molar-refractivity contribution in [3.8, 4) is 0 Å². The summed E-state index contributed by atoms with van der Waals surface area (Å²) in [6.07, 6.45) is -4.40. The molecule has 1 N–H and O–H groups in total. The zero-order valence-corrected chi connectivity index (χ0v) is 14.0. The molecule has 0 aliphatic rings. The van der Waals surface area contributed by atoms with Gasteiger partial charge in [-0.3, -0.25) is 4.79 Å². The maximum Gasteiger partial charge on any atom is 0.416 e. The number of nitrogens with zero attached hydrogens (tertiary/aromatic N) is 2. The molecule has 5 nitrogen and oxygen atoms in total. The van der Waals surface area contributed by atoms with Gasteiger partial charge in [-0.05, 0) is 31.2 Å². The van der Waals surface area contributed by atoms with Crippen molar-refractivity contribution in [3.63, 3.8) is 0 Å². The third-order valence-electron chi connectivity index (χ3n) is 3.04. The molecule has 130 valence electrons. The number of carbonyl (C=O) groups is 1. The van der Waals surface area contributed by atoms with Crippen molar-refractivity contribution >= 4 is 23.4 Å². The quantitative estimate of drug-likeness (QED) is 0.805. The first-order chi connectivity index (χ1) is 11.2. The molecule has 1 amide bonds. The van der Waals surface area contributed by atoms with Crippen LogP contribution in [0.5, 0.6) is 0 Å². The maximum atomic E-state index is 12.5. The second-order valence-electron chi connectivity index (χ2n) is 5.39. The lowest BCUT2D eigenvalue weighted by molar-refractivity contribution is -0.137. The SMILES string of the molecule is CC(C)c1nnc(S[C@H](C)C(=O)Nc2ccc(C(F)(F)F)cc2)o1.